The first-order chi connectivity index (χ1) is 16.9. The van der Waals surface area contributed by atoms with Crippen molar-refractivity contribution < 1.29 is 31.5 Å². The van der Waals surface area contributed by atoms with Gasteiger partial charge in [-0.3, -0.25) is 14.4 Å². The molecule has 1 aliphatic carbocycles. The van der Waals surface area contributed by atoms with Crippen LogP contribution < -0.4 is 9.80 Å². The molecule has 1 saturated heterocycles. The highest BCUT2D eigenvalue weighted by Crippen LogP contribution is 2.42. The van der Waals surface area contributed by atoms with Gasteiger partial charge >= 0.3 is 6.09 Å². The average Bonchev–Trinajstić information content (AvgIpc) is 3.26. The molecule has 2 unspecified atom stereocenters. The summed E-state index contributed by atoms with van der Waals surface area (Å²) >= 11 is 0. The molecule has 2 aliphatic heterocycles. The Balaban J connectivity index is 1.45. The molecule has 3 heterocycles. The highest BCUT2D eigenvalue weighted by atomic mass is 32.2. The first-order valence-corrected chi connectivity index (χ1v) is 13.8. The van der Waals surface area contributed by atoms with Gasteiger partial charge in [-0.2, -0.15) is 5.10 Å². The SMILES string of the molecule is CC(=O)N1c2ccc(-c3cnn(C4CCCS(=O)(=O)C4)c3)cc2N(C(=O)OC2CC(F)(F)C2)CC1C. The number of anilines is 2. The van der Waals surface area contributed by atoms with Crippen LogP contribution in [0, 0.1) is 0 Å². The highest BCUT2D eigenvalue weighted by Gasteiger charge is 2.48. The van der Waals surface area contributed by atoms with E-state index in [9.17, 15) is 26.8 Å². The molecule has 1 aromatic carbocycles. The van der Waals surface area contributed by atoms with Crippen molar-refractivity contribution in [1.82, 2.24) is 9.78 Å². The fraction of sp³-hybridized carbons (Fsp3) is 0.542. The molecule has 2 amide bonds. The number of ether oxygens (including phenoxy) is 1. The van der Waals surface area contributed by atoms with E-state index in [2.05, 4.69) is 5.10 Å². The maximum atomic E-state index is 13.3. The molecule has 5 rings (SSSR count). The van der Waals surface area contributed by atoms with E-state index in [0.717, 1.165) is 12.0 Å². The number of rotatable bonds is 3. The van der Waals surface area contributed by atoms with Crippen molar-refractivity contribution in [2.75, 3.05) is 27.9 Å². The summed E-state index contributed by atoms with van der Waals surface area (Å²) in [6.45, 7) is 3.40. The molecule has 2 aromatic rings. The van der Waals surface area contributed by atoms with Gasteiger partial charge in [0.15, 0.2) is 9.84 Å². The molecule has 2 atom stereocenters. The quantitative estimate of drug-likeness (QED) is 0.608. The molecular formula is C24H28F2N4O5S. The van der Waals surface area contributed by atoms with Crippen molar-refractivity contribution >= 4 is 33.2 Å². The summed E-state index contributed by atoms with van der Waals surface area (Å²) in [7, 11) is -3.10. The number of sulfone groups is 1. The first kappa shape index (κ1) is 24.7. The van der Waals surface area contributed by atoms with Crippen LogP contribution in [-0.4, -0.2) is 66.3 Å². The summed E-state index contributed by atoms with van der Waals surface area (Å²) in [6, 6.07) is 4.71. The molecule has 12 heteroatoms. The number of alkyl halides is 2. The van der Waals surface area contributed by atoms with Crippen molar-refractivity contribution in [2.24, 2.45) is 0 Å². The van der Waals surface area contributed by atoms with E-state index in [0.29, 0.717) is 23.4 Å². The third kappa shape index (κ3) is 4.70. The molecule has 36 heavy (non-hydrogen) atoms. The second-order valence-electron chi connectivity index (χ2n) is 9.94. The van der Waals surface area contributed by atoms with Gasteiger partial charge in [0.2, 0.25) is 5.91 Å². The molecule has 3 aliphatic rings. The van der Waals surface area contributed by atoms with Gasteiger partial charge in [-0.05, 0) is 37.5 Å². The fourth-order valence-corrected chi connectivity index (χ4v) is 6.93. The number of fused-ring (bicyclic) bond motifs is 1. The smallest absolute Gasteiger partial charge is 0.414 e. The fourth-order valence-electron chi connectivity index (χ4n) is 5.25. The molecule has 0 radical (unpaired) electrons. The minimum absolute atomic E-state index is 0.0452. The van der Waals surface area contributed by atoms with Crippen LogP contribution in [0.1, 0.15) is 45.6 Å². The second-order valence-corrected chi connectivity index (χ2v) is 12.2. The van der Waals surface area contributed by atoms with Crippen LogP contribution in [0.2, 0.25) is 0 Å². The van der Waals surface area contributed by atoms with Crippen LogP contribution in [0.4, 0.5) is 25.0 Å². The van der Waals surface area contributed by atoms with E-state index < -0.39 is 40.8 Å². The summed E-state index contributed by atoms with van der Waals surface area (Å²) in [5, 5.41) is 4.39. The molecule has 0 bridgehead atoms. The van der Waals surface area contributed by atoms with Gasteiger partial charge in [-0.1, -0.05) is 6.07 Å². The van der Waals surface area contributed by atoms with Crippen molar-refractivity contribution in [3.05, 3.63) is 30.6 Å². The van der Waals surface area contributed by atoms with Gasteiger partial charge < -0.3 is 9.64 Å². The van der Waals surface area contributed by atoms with Crippen molar-refractivity contribution in [1.29, 1.82) is 0 Å². The largest absolute Gasteiger partial charge is 0.445 e. The van der Waals surface area contributed by atoms with E-state index in [4.69, 9.17) is 4.74 Å². The predicted octanol–water partition coefficient (Wildman–Crippen LogP) is 3.80. The minimum Gasteiger partial charge on any atom is -0.445 e. The summed E-state index contributed by atoms with van der Waals surface area (Å²) < 4.78 is 57.6. The Morgan fingerprint density at radius 3 is 2.58 bits per heavy atom. The molecule has 1 aromatic heterocycles. The van der Waals surface area contributed by atoms with Crippen LogP contribution in [0.5, 0.6) is 0 Å². The van der Waals surface area contributed by atoms with Gasteiger partial charge in [-0.25, -0.2) is 22.0 Å². The number of amides is 2. The topological polar surface area (TPSA) is 102 Å². The highest BCUT2D eigenvalue weighted by molar-refractivity contribution is 7.91. The van der Waals surface area contributed by atoms with E-state index in [1.807, 2.05) is 6.07 Å². The summed E-state index contributed by atoms with van der Waals surface area (Å²) in [6.07, 6.45) is 2.16. The van der Waals surface area contributed by atoms with E-state index in [1.54, 1.807) is 41.0 Å². The molecule has 0 N–H and O–H groups in total. The van der Waals surface area contributed by atoms with Crippen LogP contribution in [-0.2, 0) is 19.4 Å². The minimum atomic E-state index is -3.10. The van der Waals surface area contributed by atoms with Crippen LogP contribution in [0.3, 0.4) is 0 Å². The van der Waals surface area contributed by atoms with Gasteiger partial charge in [0.1, 0.15) is 6.10 Å². The zero-order chi connectivity index (χ0) is 25.8. The Kier molecular flexibility index (Phi) is 6.05. The van der Waals surface area contributed by atoms with E-state index in [1.165, 1.54) is 11.8 Å². The molecule has 9 nitrogen and oxygen atoms in total. The number of carbonyl (C=O) groups is 2. The van der Waals surface area contributed by atoms with Gasteiger partial charge in [0.25, 0.3) is 5.92 Å². The summed E-state index contributed by atoms with van der Waals surface area (Å²) in [4.78, 5) is 28.4. The Hall–Kier alpha value is -3.02. The monoisotopic (exact) mass is 522 g/mol. The molecule has 194 valence electrons. The Morgan fingerprint density at radius 1 is 1.17 bits per heavy atom. The number of carbonyl (C=O) groups excluding carboxylic acids is 2. The molecule has 1 saturated carbocycles. The lowest BCUT2D eigenvalue weighted by molar-refractivity contribution is -0.143. The lowest BCUT2D eigenvalue weighted by atomic mass is 9.91. The Morgan fingerprint density at radius 2 is 1.92 bits per heavy atom. The normalized spacial score (nSPS) is 25.1. The maximum Gasteiger partial charge on any atom is 0.414 e. The summed E-state index contributed by atoms with van der Waals surface area (Å²) in [5.74, 6) is -2.76. The van der Waals surface area contributed by atoms with Crippen molar-refractivity contribution in [3.63, 3.8) is 0 Å². The van der Waals surface area contributed by atoms with E-state index >= 15 is 0 Å². The number of hydrogen-bond donors (Lipinski definition) is 0. The van der Waals surface area contributed by atoms with Crippen LogP contribution in [0.25, 0.3) is 11.1 Å². The number of benzene rings is 1. The number of aromatic nitrogens is 2. The molecule has 2 fully saturated rings. The van der Waals surface area contributed by atoms with Crippen molar-refractivity contribution in [2.45, 2.75) is 63.6 Å². The lowest BCUT2D eigenvalue weighted by Gasteiger charge is -2.42. The average molecular weight is 523 g/mol. The number of halogens is 2. The van der Waals surface area contributed by atoms with Crippen LogP contribution >= 0.6 is 0 Å². The first-order valence-electron chi connectivity index (χ1n) is 12.0. The third-order valence-corrected chi connectivity index (χ3v) is 8.84. The van der Waals surface area contributed by atoms with Gasteiger partial charge in [-0.15, -0.1) is 0 Å². The summed E-state index contributed by atoms with van der Waals surface area (Å²) in [5.41, 5.74) is 2.39. The van der Waals surface area contributed by atoms with E-state index in [-0.39, 0.29) is 36.0 Å². The maximum absolute atomic E-state index is 13.3. The van der Waals surface area contributed by atoms with Crippen LogP contribution in [0.15, 0.2) is 30.6 Å². The Labute approximate surface area is 207 Å². The predicted molar refractivity (Wildman–Crippen MR) is 129 cm³/mol. The Bertz CT molecular complexity index is 1300. The zero-order valence-corrected chi connectivity index (χ0v) is 20.9. The number of nitrogens with zero attached hydrogens (tertiary/aromatic N) is 4. The lowest BCUT2D eigenvalue weighted by Crippen LogP contribution is -2.53. The zero-order valence-electron chi connectivity index (χ0n) is 20.1. The molecular weight excluding hydrogens is 494 g/mol. The third-order valence-electron chi connectivity index (χ3n) is 7.04. The molecule has 0 spiro atoms. The van der Waals surface area contributed by atoms with Crippen molar-refractivity contribution in [3.8, 4) is 11.1 Å². The number of hydrogen-bond acceptors (Lipinski definition) is 6. The van der Waals surface area contributed by atoms with Gasteiger partial charge in [0, 0.05) is 38.1 Å². The van der Waals surface area contributed by atoms with Gasteiger partial charge in [0.05, 0.1) is 41.2 Å². The second kappa shape index (κ2) is 8.82. The standard InChI is InChI=1S/C24H28F2N4O5S/c1-15-12-28(23(32)35-20-9-24(25,26)10-20)22-8-17(5-6-21(22)30(15)16(2)31)18-11-27-29(13-18)19-4-3-7-36(33,34)14-19/h5-6,8,11,13,15,19-20H,3-4,7,9-10,12,14H2,1-2H3.